The normalized spacial score (nSPS) is 12.5. The Morgan fingerprint density at radius 2 is 2.00 bits per heavy atom. The molecule has 1 N–H and O–H groups in total. The lowest BCUT2D eigenvalue weighted by Gasteiger charge is -2.09. The Labute approximate surface area is 89.4 Å². The van der Waals surface area contributed by atoms with Gasteiger partial charge in [0, 0.05) is 22.9 Å². The Morgan fingerprint density at radius 1 is 1.50 bits per heavy atom. The third-order valence-electron chi connectivity index (χ3n) is 1.55. The van der Waals surface area contributed by atoms with Crippen molar-refractivity contribution in [3.8, 4) is 0 Å². The maximum atomic E-state index is 10.1. The summed E-state index contributed by atoms with van der Waals surface area (Å²) in [6.45, 7) is -0.635. The topological polar surface area (TPSA) is 76.3 Å². The van der Waals surface area contributed by atoms with Crippen molar-refractivity contribution in [2.24, 2.45) is 0 Å². The smallest absolute Gasteiger partial charge is 0.233 e. The number of hydrogen-bond acceptors (Lipinski definition) is 4. The molecular weight excluding hydrogens is 231 g/mol. The second kappa shape index (κ2) is 4.54. The highest BCUT2D eigenvalue weighted by Crippen LogP contribution is 2.29. The fourth-order valence-corrected chi connectivity index (χ4v) is 1.59. The van der Waals surface area contributed by atoms with Gasteiger partial charge in [-0.15, -0.1) is 0 Å². The number of aliphatic hydroxyl groups is 1. The monoisotopic (exact) mass is 236 g/mol. The predicted octanol–water partition coefficient (Wildman–Crippen LogP) is 1.70. The van der Waals surface area contributed by atoms with Crippen LogP contribution in [0.1, 0.15) is 11.7 Å². The summed E-state index contributed by atoms with van der Waals surface area (Å²) in [5.74, 6) is 0. The van der Waals surface area contributed by atoms with E-state index in [0.29, 0.717) is 0 Å². The fraction of sp³-hybridized carbons (Fsp3) is 0.286. The number of aliphatic hydroxyl groups excluding tert-OH is 1. The second-order valence-corrected chi connectivity index (χ2v) is 3.36. The van der Waals surface area contributed by atoms with Gasteiger partial charge < -0.3 is 5.11 Å². The molecule has 7 heteroatoms. The molecule has 0 saturated heterocycles. The van der Waals surface area contributed by atoms with E-state index in [-0.39, 0.29) is 15.6 Å². The van der Waals surface area contributed by atoms with Gasteiger partial charge in [-0.25, -0.2) is 0 Å². The van der Waals surface area contributed by atoms with Crippen molar-refractivity contribution in [3.63, 3.8) is 0 Å². The Morgan fingerprint density at radius 3 is 2.43 bits per heavy atom. The fourth-order valence-electron chi connectivity index (χ4n) is 0.972. The molecule has 0 aromatic carbocycles. The van der Waals surface area contributed by atoms with E-state index in [9.17, 15) is 15.2 Å². The summed E-state index contributed by atoms with van der Waals surface area (Å²) in [7, 11) is 0. The van der Waals surface area contributed by atoms with Crippen molar-refractivity contribution in [1.29, 1.82) is 0 Å². The predicted molar refractivity (Wildman–Crippen MR) is 51.1 cm³/mol. The highest BCUT2D eigenvalue weighted by atomic mass is 35.5. The van der Waals surface area contributed by atoms with Gasteiger partial charge in [0.2, 0.25) is 6.54 Å². The van der Waals surface area contributed by atoms with E-state index in [1.807, 2.05) is 0 Å². The van der Waals surface area contributed by atoms with E-state index in [0.717, 1.165) is 0 Å². The van der Waals surface area contributed by atoms with Gasteiger partial charge in [-0.2, -0.15) is 0 Å². The van der Waals surface area contributed by atoms with Crippen LogP contribution in [-0.4, -0.2) is 21.6 Å². The van der Waals surface area contributed by atoms with Crippen LogP contribution in [0.25, 0.3) is 0 Å². The van der Waals surface area contributed by atoms with Gasteiger partial charge in [0.15, 0.2) is 0 Å². The first-order chi connectivity index (χ1) is 6.52. The van der Waals surface area contributed by atoms with Crippen molar-refractivity contribution in [2.45, 2.75) is 6.10 Å². The molecule has 14 heavy (non-hydrogen) atoms. The molecule has 0 fully saturated rings. The largest absolute Gasteiger partial charge is 0.381 e. The summed E-state index contributed by atoms with van der Waals surface area (Å²) in [5, 5.41) is 19.8. The minimum Gasteiger partial charge on any atom is -0.381 e. The lowest BCUT2D eigenvalue weighted by atomic mass is 10.1. The van der Waals surface area contributed by atoms with E-state index in [2.05, 4.69) is 4.98 Å². The van der Waals surface area contributed by atoms with Crippen LogP contribution in [0.5, 0.6) is 0 Å². The summed E-state index contributed by atoms with van der Waals surface area (Å²) >= 11 is 11.4. The standard InChI is InChI=1S/C7H6Cl2N2O3/c8-4-1-10-2-5(9)7(4)6(12)3-11(13)14/h1-2,6,12H,3H2. The molecule has 1 aromatic rings. The third-order valence-corrected chi connectivity index (χ3v) is 2.15. The average Bonchev–Trinajstić information content (AvgIpc) is 2.01. The van der Waals surface area contributed by atoms with Gasteiger partial charge in [-0.05, 0) is 0 Å². The van der Waals surface area contributed by atoms with E-state index < -0.39 is 17.6 Å². The minimum atomic E-state index is -1.31. The van der Waals surface area contributed by atoms with Gasteiger partial charge in [-0.1, -0.05) is 23.2 Å². The quantitative estimate of drug-likeness (QED) is 0.641. The van der Waals surface area contributed by atoms with Crippen LogP contribution in [0.15, 0.2) is 12.4 Å². The molecule has 76 valence electrons. The van der Waals surface area contributed by atoms with Crippen LogP contribution in [0, 0.1) is 10.1 Å². The number of pyridine rings is 1. The average molecular weight is 237 g/mol. The number of halogens is 2. The number of aromatic nitrogens is 1. The van der Waals surface area contributed by atoms with Crippen molar-refractivity contribution >= 4 is 23.2 Å². The highest BCUT2D eigenvalue weighted by Gasteiger charge is 2.20. The maximum absolute atomic E-state index is 10.1. The van der Waals surface area contributed by atoms with Gasteiger partial charge in [0.05, 0.1) is 10.0 Å². The molecule has 1 unspecified atom stereocenters. The molecule has 1 rings (SSSR count). The van der Waals surface area contributed by atoms with E-state index in [4.69, 9.17) is 23.2 Å². The second-order valence-electron chi connectivity index (χ2n) is 2.55. The van der Waals surface area contributed by atoms with Crippen molar-refractivity contribution in [2.75, 3.05) is 6.54 Å². The molecule has 0 radical (unpaired) electrons. The lowest BCUT2D eigenvalue weighted by Crippen LogP contribution is -2.12. The highest BCUT2D eigenvalue weighted by molar-refractivity contribution is 6.35. The zero-order valence-corrected chi connectivity index (χ0v) is 8.37. The molecule has 0 aliphatic heterocycles. The van der Waals surface area contributed by atoms with Crippen LogP contribution in [0.3, 0.4) is 0 Å². The summed E-state index contributed by atoms with van der Waals surface area (Å²) < 4.78 is 0. The Hall–Kier alpha value is -0.910. The maximum Gasteiger partial charge on any atom is 0.233 e. The van der Waals surface area contributed by atoms with E-state index >= 15 is 0 Å². The van der Waals surface area contributed by atoms with Crippen molar-refractivity contribution < 1.29 is 10.0 Å². The zero-order chi connectivity index (χ0) is 10.7. The first-order valence-electron chi connectivity index (χ1n) is 3.61. The number of hydrogen-bond donors (Lipinski definition) is 1. The van der Waals surface area contributed by atoms with Crippen molar-refractivity contribution in [1.82, 2.24) is 4.98 Å². The molecule has 1 heterocycles. The molecule has 0 aliphatic carbocycles. The molecule has 1 atom stereocenters. The van der Waals surface area contributed by atoms with E-state index in [1.54, 1.807) is 0 Å². The van der Waals surface area contributed by atoms with Crippen LogP contribution < -0.4 is 0 Å². The van der Waals surface area contributed by atoms with Crippen LogP contribution in [0.2, 0.25) is 10.0 Å². The Bertz CT molecular complexity index is 339. The first-order valence-corrected chi connectivity index (χ1v) is 4.36. The van der Waals surface area contributed by atoms with Crippen molar-refractivity contribution in [3.05, 3.63) is 38.1 Å². The lowest BCUT2D eigenvalue weighted by molar-refractivity contribution is -0.491. The molecule has 0 saturated carbocycles. The Balaban J connectivity index is 2.99. The number of nitrogens with zero attached hydrogens (tertiary/aromatic N) is 2. The molecule has 0 bridgehead atoms. The van der Waals surface area contributed by atoms with Crippen LogP contribution in [-0.2, 0) is 0 Å². The van der Waals surface area contributed by atoms with Crippen LogP contribution in [0.4, 0.5) is 0 Å². The first kappa shape index (κ1) is 11.2. The van der Waals surface area contributed by atoms with E-state index in [1.165, 1.54) is 12.4 Å². The molecule has 0 spiro atoms. The number of rotatable bonds is 3. The van der Waals surface area contributed by atoms with Gasteiger partial charge in [0.25, 0.3) is 0 Å². The molecule has 1 aromatic heterocycles. The number of nitro groups is 1. The van der Waals surface area contributed by atoms with Gasteiger partial charge in [-0.3, -0.25) is 15.1 Å². The minimum absolute atomic E-state index is 0.117. The Kier molecular flexibility index (Phi) is 3.62. The molecule has 0 aliphatic rings. The molecule has 5 nitrogen and oxygen atoms in total. The summed E-state index contributed by atoms with van der Waals surface area (Å²) in [6.07, 6.45) is 1.23. The third kappa shape index (κ3) is 2.54. The van der Waals surface area contributed by atoms with Gasteiger partial charge >= 0.3 is 0 Å². The van der Waals surface area contributed by atoms with Gasteiger partial charge in [0.1, 0.15) is 6.10 Å². The summed E-state index contributed by atoms with van der Waals surface area (Å²) in [4.78, 5) is 13.2. The SMILES string of the molecule is O=[N+]([O-])CC(O)c1c(Cl)cncc1Cl. The van der Waals surface area contributed by atoms with Crippen LogP contribution >= 0.6 is 23.2 Å². The summed E-state index contributed by atoms with van der Waals surface area (Å²) in [5.41, 5.74) is 0.139. The zero-order valence-electron chi connectivity index (χ0n) is 6.85. The molecular formula is C7H6Cl2N2O3. The molecule has 0 amide bonds. The summed E-state index contributed by atoms with van der Waals surface area (Å²) in [6, 6.07) is 0.